The van der Waals surface area contributed by atoms with Gasteiger partial charge in [0.1, 0.15) is 0 Å². The van der Waals surface area contributed by atoms with Crippen LogP contribution in [0.2, 0.25) is 10.5 Å². The molecule has 1 aliphatic carbocycles. The van der Waals surface area contributed by atoms with Gasteiger partial charge >= 0.3 is 82.5 Å². The fourth-order valence-electron chi connectivity index (χ4n) is 1.68. The Morgan fingerprint density at radius 2 is 2.17 bits per heavy atom. The van der Waals surface area contributed by atoms with Crippen molar-refractivity contribution in [3.8, 4) is 0 Å². The van der Waals surface area contributed by atoms with E-state index in [1.54, 1.807) is 5.57 Å². The monoisotopic (exact) mass is 199 g/mol. The number of rotatable bonds is 4. The molecule has 0 heterocycles. The summed E-state index contributed by atoms with van der Waals surface area (Å²) in [5, 5.41) is 4.93. The molecule has 0 aromatic rings. The van der Waals surface area contributed by atoms with Crippen molar-refractivity contribution in [2.45, 2.75) is 43.1 Å². The van der Waals surface area contributed by atoms with Crippen LogP contribution in [0.3, 0.4) is 0 Å². The van der Waals surface area contributed by atoms with Gasteiger partial charge < -0.3 is 0 Å². The van der Waals surface area contributed by atoms with Gasteiger partial charge in [-0.2, -0.15) is 0 Å². The molecule has 1 heteroatoms. The summed E-state index contributed by atoms with van der Waals surface area (Å²) in [6.45, 7) is 2.27. The van der Waals surface area contributed by atoms with Gasteiger partial charge in [0, 0.05) is 0 Å². The number of hydrogen-bond donors (Lipinski definition) is 0. The average molecular weight is 199 g/mol. The van der Waals surface area contributed by atoms with Crippen LogP contribution in [0.25, 0.3) is 0 Å². The topological polar surface area (TPSA) is 0 Å². The van der Waals surface area contributed by atoms with E-state index in [0.717, 1.165) is 0 Å². The van der Waals surface area contributed by atoms with Gasteiger partial charge in [0.25, 0.3) is 0 Å². The summed E-state index contributed by atoms with van der Waals surface area (Å²) >= 11 is -0.756. The first kappa shape index (κ1) is 10.3. The van der Waals surface area contributed by atoms with Gasteiger partial charge in [-0.05, 0) is 0 Å². The van der Waals surface area contributed by atoms with Gasteiger partial charge in [-0.1, -0.05) is 0 Å². The summed E-state index contributed by atoms with van der Waals surface area (Å²) in [5.74, 6) is 0. The molecule has 12 heavy (non-hydrogen) atoms. The van der Waals surface area contributed by atoms with Crippen molar-refractivity contribution in [2.75, 3.05) is 0 Å². The molecule has 0 nitrogen and oxygen atoms in total. The minimum absolute atomic E-state index is 0.756. The molecule has 0 fully saturated rings. The molecule has 0 amide bonds. The third-order valence-corrected chi connectivity index (χ3v) is 5.14. The zero-order valence-corrected chi connectivity index (χ0v) is 10.0. The maximum absolute atomic E-state index is 2.47. The molecule has 0 radical (unpaired) electrons. The van der Waals surface area contributed by atoms with Crippen LogP contribution in [-0.2, 0) is 17.9 Å². The van der Waals surface area contributed by atoms with Gasteiger partial charge in [0.2, 0.25) is 0 Å². The van der Waals surface area contributed by atoms with E-state index in [1.165, 1.54) is 25.7 Å². The normalized spacial score (nSPS) is 15.9. The van der Waals surface area contributed by atoms with E-state index in [2.05, 4.69) is 29.5 Å². The van der Waals surface area contributed by atoms with Gasteiger partial charge in [-0.15, -0.1) is 0 Å². The van der Waals surface area contributed by atoms with Crippen molar-refractivity contribution in [3.05, 3.63) is 21.6 Å². The third kappa shape index (κ3) is 2.60. The summed E-state index contributed by atoms with van der Waals surface area (Å²) < 4.78 is 1.84. The molecule has 0 unspecified atom stereocenters. The Morgan fingerprint density at radius 3 is 2.75 bits per heavy atom. The second-order valence-corrected chi connectivity index (χ2v) is 7.78. The third-order valence-electron chi connectivity index (χ3n) is 2.43. The van der Waals surface area contributed by atoms with Crippen molar-refractivity contribution in [1.82, 2.24) is 0 Å². The molecule has 0 spiro atoms. The van der Waals surface area contributed by atoms with Crippen molar-refractivity contribution in [3.63, 3.8) is 0 Å². The first-order chi connectivity index (χ1) is 5.75. The van der Waals surface area contributed by atoms with E-state index >= 15 is 0 Å². The van der Waals surface area contributed by atoms with Crippen molar-refractivity contribution < 1.29 is 17.9 Å². The zero-order valence-electron chi connectivity index (χ0n) is 8.48. The van der Waals surface area contributed by atoms with Crippen LogP contribution in [0.1, 0.15) is 32.6 Å². The number of unbranched alkanes of at least 4 members (excludes halogenated alkanes) is 1. The molecule has 67 valence electrons. The summed E-state index contributed by atoms with van der Waals surface area (Å²) in [5.41, 5.74) is 1.69. The Kier molecular flexibility index (Phi) is 4.32. The van der Waals surface area contributed by atoms with Crippen LogP contribution in [0, 0.1) is 0 Å². The van der Waals surface area contributed by atoms with Gasteiger partial charge in [0.05, 0.1) is 0 Å². The standard InChI is InChI=1S/C9H13.2CH3.Ti/c1-2-3-6-9-7-4-5-8-9;;;/h4,7H,2-3,5-6H2,1H3;2*1H3;. The zero-order chi connectivity index (χ0) is 8.97. The van der Waals surface area contributed by atoms with Crippen molar-refractivity contribution in [2.24, 2.45) is 0 Å². The number of allylic oxidation sites excluding steroid dienone is 4. The van der Waals surface area contributed by atoms with E-state index in [9.17, 15) is 0 Å². The minimum atomic E-state index is -0.756. The summed E-state index contributed by atoms with van der Waals surface area (Å²) in [4.78, 5) is 0. The van der Waals surface area contributed by atoms with Gasteiger partial charge in [-0.25, -0.2) is 0 Å². The Hall–Kier alpha value is 0.194. The molecule has 0 saturated carbocycles. The predicted molar refractivity (Wildman–Crippen MR) is 52.0 cm³/mol. The second kappa shape index (κ2) is 5.04. The van der Waals surface area contributed by atoms with Crippen molar-refractivity contribution in [1.29, 1.82) is 0 Å². The molecule has 1 rings (SSSR count). The summed E-state index contributed by atoms with van der Waals surface area (Å²) in [6.07, 6.45) is 10.0. The van der Waals surface area contributed by atoms with Gasteiger partial charge in [0.15, 0.2) is 0 Å². The Balaban J connectivity index is 2.56. The molecule has 0 N–H and O–H groups in total. The SMILES string of the molecule is CCCCC1=[C]([Ti]([CH3])[CH3])CC=C1. The first-order valence-corrected chi connectivity index (χ1v) is 8.85. The fraction of sp³-hybridized carbons (Fsp3) is 0.636. The quantitative estimate of drug-likeness (QED) is 0.598. The molecule has 0 aliphatic heterocycles. The molecule has 0 aromatic carbocycles. The summed E-state index contributed by atoms with van der Waals surface area (Å²) in [7, 11) is 0. The Morgan fingerprint density at radius 1 is 1.42 bits per heavy atom. The second-order valence-electron chi connectivity index (χ2n) is 3.71. The Bertz CT molecular complexity index is 199. The summed E-state index contributed by atoms with van der Waals surface area (Å²) in [6, 6.07) is 0. The van der Waals surface area contributed by atoms with Gasteiger partial charge in [-0.3, -0.25) is 0 Å². The predicted octanol–water partition coefficient (Wildman–Crippen LogP) is 4.11. The van der Waals surface area contributed by atoms with E-state index in [1.807, 2.05) is 3.88 Å². The van der Waals surface area contributed by atoms with Crippen LogP contribution in [0.5, 0.6) is 0 Å². The average Bonchev–Trinajstić information content (AvgIpc) is 2.48. The fourth-order valence-corrected chi connectivity index (χ4v) is 3.83. The molecule has 0 bridgehead atoms. The maximum atomic E-state index is 2.47. The van der Waals surface area contributed by atoms with Crippen LogP contribution in [0.15, 0.2) is 21.6 Å². The van der Waals surface area contributed by atoms with E-state index < -0.39 is 17.9 Å². The molecule has 0 aromatic heterocycles. The molecule has 0 saturated heterocycles. The van der Waals surface area contributed by atoms with Crippen LogP contribution >= 0.6 is 0 Å². The van der Waals surface area contributed by atoms with E-state index in [-0.39, 0.29) is 0 Å². The van der Waals surface area contributed by atoms with Crippen LogP contribution in [0.4, 0.5) is 0 Å². The van der Waals surface area contributed by atoms with Crippen molar-refractivity contribution >= 4 is 0 Å². The molecular formula is C11H19Ti. The number of hydrogen-bond acceptors (Lipinski definition) is 0. The molecule has 1 aliphatic rings. The Labute approximate surface area is 82.6 Å². The molecule has 0 atom stereocenters. The van der Waals surface area contributed by atoms with E-state index in [4.69, 9.17) is 0 Å². The van der Waals surface area contributed by atoms with E-state index in [0.29, 0.717) is 0 Å². The molecular weight excluding hydrogens is 180 g/mol. The van der Waals surface area contributed by atoms with Crippen LogP contribution < -0.4 is 0 Å². The van der Waals surface area contributed by atoms with Crippen LogP contribution in [-0.4, -0.2) is 0 Å². The first-order valence-electron chi connectivity index (χ1n) is 4.94.